The molecule has 1 aliphatic rings. The van der Waals surface area contributed by atoms with Gasteiger partial charge in [0.25, 0.3) is 10.2 Å². The molecule has 23 heavy (non-hydrogen) atoms. The van der Waals surface area contributed by atoms with Gasteiger partial charge in [0.05, 0.1) is 7.11 Å². The first-order chi connectivity index (χ1) is 11.0. The number of hydrogen-bond donors (Lipinski definition) is 1. The first-order valence-corrected chi connectivity index (χ1v) is 9.29. The molecular formula is C17H22N2O3S. The predicted octanol–water partition coefficient (Wildman–Crippen LogP) is 2.84. The van der Waals surface area contributed by atoms with E-state index in [1.807, 2.05) is 43.3 Å². The van der Waals surface area contributed by atoms with E-state index in [9.17, 15) is 8.42 Å². The van der Waals surface area contributed by atoms with Crippen molar-refractivity contribution in [3.63, 3.8) is 0 Å². The van der Waals surface area contributed by atoms with Gasteiger partial charge in [-0.3, -0.25) is 0 Å². The van der Waals surface area contributed by atoms with Crippen molar-refractivity contribution in [2.24, 2.45) is 0 Å². The summed E-state index contributed by atoms with van der Waals surface area (Å²) in [5.41, 5.74) is 0.949. The molecule has 1 atom stereocenters. The third-order valence-corrected chi connectivity index (χ3v) is 6.00. The third kappa shape index (κ3) is 3.49. The largest absolute Gasteiger partial charge is 0.497 e. The molecule has 5 nitrogen and oxygen atoms in total. The number of nitrogens with zero attached hydrogens (tertiary/aromatic N) is 1. The fourth-order valence-electron chi connectivity index (χ4n) is 2.93. The molecular weight excluding hydrogens is 312 g/mol. The van der Waals surface area contributed by atoms with E-state index in [1.54, 1.807) is 7.11 Å². The Balaban J connectivity index is 1.81. The SMILES string of the molecule is COc1ccc2cc([C@@H](C)NS(=O)(=O)N3CCCC3)ccc2c1. The lowest BCUT2D eigenvalue weighted by molar-refractivity contribution is 0.415. The van der Waals surface area contributed by atoms with Crippen molar-refractivity contribution in [3.8, 4) is 5.75 Å². The van der Waals surface area contributed by atoms with E-state index < -0.39 is 10.2 Å². The molecule has 0 radical (unpaired) electrons. The maximum atomic E-state index is 12.4. The molecule has 124 valence electrons. The molecule has 0 bridgehead atoms. The lowest BCUT2D eigenvalue weighted by Crippen LogP contribution is -2.40. The molecule has 0 aliphatic carbocycles. The molecule has 1 aliphatic heterocycles. The molecule has 3 rings (SSSR count). The Bertz CT molecular complexity index is 799. The summed E-state index contributed by atoms with van der Waals surface area (Å²) >= 11 is 0. The summed E-state index contributed by atoms with van der Waals surface area (Å²) in [5.74, 6) is 0.813. The summed E-state index contributed by atoms with van der Waals surface area (Å²) in [4.78, 5) is 0. The highest BCUT2D eigenvalue weighted by atomic mass is 32.2. The molecule has 2 aromatic carbocycles. The van der Waals surface area contributed by atoms with E-state index in [-0.39, 0.29) is 6.04 Å². The van der Waals surface area contributed by atoms with Crippen molar-refractivity contribution in [3.05, 3.63) is 42.0 Å². The van der Waals surface area contributed by atoms with Gasteiger partial charge in [-0.05, 0) is 54.3 Å². The Morgan fingerprint density at radius 2 is 1.74 bits per heavy atom. The van der Waals surface area contributed by atoms with Crippen molar-refractivity contribution < 1.29 is 13.2 Å². The van der Waals surface area contributed by atoms with Crippen LogP contribution >= 0.6 is 0 Å². The van der Waals surface area contributed by atoms with E-state index in [4.69, 9.17) is 4.74 Å². The van der Waals surface area contributed by atoms with Crippen LogP contribution in [-0.2, 0) is 10.2 Å². The Morgan fingerprint density at radius 1 is 1.09 bits per heavy atom. The fraction of sp³-hybridized carbons (Fsp3) is 0.412. The van der Waals surface area contributed by atoms with Crippen molar-refractivity contribution in [2.75, 3.05) is 20.2 Å². The Kier molecular flexibility index (Phi) is 4.57. The van der Waals surface area contributed by atoms with Crippen LogP contribution in [-0.4, -0.2) is 32.9 Å². The quantitative estimate of drug-likeness (QED) is 0.915. The van der Waals surface area contributed by atoms with Gasteiger partial charge in [0, 0.05) is 19.1 Å². The molecule has 0 amide bonds. The van der Waals surface area contributed by atoms with E-state index in [0.717, 1.165) is 34.9 Å². The second kappa shape index (κ2) is 6.47. The molecule has 0 saturated carbocycles. The lowest BCUT2D eigenvalue weighted by atomic mass is 10.0. The van der Waals surface area contributed by atoms with Crippen LogP contribution < -0.4 is 9.46 Å². The maximum Gasteiger partial charge on any atom is 0.279 e. The average molecular weight is 334 g/mol. The maximum absolute atomic E-state index is 12.4. The number of rotatable bonds is 5. The van der Waals surface area contributed by atoms with Gasteiger partial charge in [-0.25, -0.2) is 0 Å². The van der Waals surface area contributed by atoms with Gasteiger partial charge >= 0.3 is 0 Å². The van der Waals surface area contributed by atoms with Crippen LogP contribution in [0.15, 0.2) is 36.4 Å². The van der Waals surface area contributed by atoms with Crippen molar-refractivity contribution in [1.29, 1.82) is 0 Å². The van der Waals surface area contributed by atoms with Crippen LogP contribution in [0, 0.1) is 0 Å². The van der Waals surface area contributed by atoms with E-state index in [0.29, 0.717) is 13.1 Å². The number of ether oxygens (including phenoxy) is 1. The second-order valence-corrected chi connectivity index (χ2v) is 7.63. The van der Waals surface area contributed by atoms with Crippen LogP contribution in [0.3, 0.4) is 0 Å². The molecule has 1 fully saturated rings. The zero-order valence-electron chi connectivity index (χ0n) is 13.5. The van der Waals surface area contributed by atoms with E-state index in [1.165, 1.54) is 4.31 Å². The van der Waals surface area contributed by atoms with Crippen molar-refractivity contribution in [2.45, 2.75) is 25.8 Å². The number of nitrogens with one attached hydrogen (secondary N) is 1. The minimum atomic E-state index is -3.41. The van der Waals surface area contributed by atoms with Crippen LogP contribution in [0.1, 0.15) is 31.4 Å². The molecule has 6 heteroatoms. The number of fused-ring (bicyclic) bond motifs is 1. The monoisotopic (exact) mass is 334 g/mol. The van der Waals surface area contributed by atoms with Crippen LogP contribution in [0.4, 0.5) is 0 Å². The average Bonchev–Trinajstić information content (AvgIpc) is 3.08. The molecule has 1 saturated heterocycles. The standard InChI is InChI=1S/C17H22N2O3S/c1-13(18-23(20,21)19-9-3-4-10-19)14-5-6-16-12-17(22-2)8-7-15(16)11-14/h5-8,11-13,18H,3-4,9-10H2,1-2H3/t13-/m1/s1. The van der Waals surface area contributed by atoms with Crippen LogP contribution in [0.5, 0.6) is 5.75 Å². The van der Waals surface area contributed by atoms with E-state index >= 15 is 0 Å². The van der Waals surface area contributed by atoms with E-state index in [2.05, 4.69) is 4.72 Å². The Hall–Kier alpha value is -1.63. The number of hydrogen-bond acceptors (Lipinski definition) is 3. The highest BCUT2D eigenvalue weighted by molar-refractivity contribution is 7.87. The molecule has 1 N–H and O–H groups in total. The topological polar surface area (TPSA) is 58.6 Å². The molecule has 0 unspecified atom stereocenters. The summed E-state index contributed by atoms with van der Waals surface area (Å²) in [7, 11) is -1.76. The first-order valence-electron chi connectivity index (χ1n) is 7.85. The Labute approximate surface area is 137 Å². The summed E-state index contributed by atoms with van der Waals surface area (Å²) in [6, 6.07) is 11.6. The Morgan fingerprint density at radius 3 is 2.43 bits per heavy atom. The van der Waals surface area contributed by atoms with Gasteiger partial charge in [0.1, 0.15) is 5.75 Å². The number of methoxy groups -OCH3 is 1. The number of benzene rings is 2. The molecule has 0 aromatic heterocycles. The lowest BCUT2D eigenvalue weighted by Gasteiger charge is -2.20. The van der Waals surface area contributed by atoms with Crippen LogP contribution in [0.25, 0.3) is 10.8 Å². The zero-order chi connectivity index (χ0) is 16.4. The van der Waals surface area contributed by atoms with Gasteiger partial charge in [-0.1, -0.05) is 18.2 Å². The highest BCUT2D eigenvalue weighted by Crippen LogP contribution is 2.25. The van der Waals surface area contributed by atoms with Crippen molar-refractivity contribution >= 4 is 21.0 Å². The molecule has 0 spiro atoms. The summed E-state index contributed by atoms with van der Waals surface area (Å²) in [6.45, 7) is 3.09. The second-order valence-electron chi connectivity index (χ2n) is 5.92. The first kappa shape index (κ1) is 16.2. The van der Waals surface area contributed by atoms with Crippen molar-refractivity contribution in [1.82, 2.24) is 9.03 Å². The smallest absolute Gasteiger partial charge is 0.279 e. The highest BCUT2D eigenvalue weighted by Gasteiger charge is 2.26. The molecule has 2 aromatic rings. The fourth-order valence-corrected chi connectivity index (χ4v) is 4.40. The normalized spacial score (nSPS) is 17.5. The minimum absolute atomic E-state index is 0.271. The zero-order valence-corrected chi connectivity index (χ0v) is 14.3. The van der Waals surface area contributed by atoms with Gasteiger partial charge in [-0.15, -0.1) is 0 Å². The summed E-state index contributed by atoms with van der Waals surface area (Å²) < 4.78 is 34.2. The predicted molar refractivity (Wildman–Crippen MR) is 91.8 cm³/mol. The summed E-state index contributed by atoms with van der Waals surface area (Å²) in [6.07, 6.45) is 1.88. The van der Waals surface area contributed by atoms with Gasteiger partial charge in [0.15, 0.2) is 0 Å². The molecule has 1 heterocycles. The van der Waals surface area contributed by atoms with Gasteiger partial charge < -0.3 is 4.74 Å². The summed E-state index contributed by atoms with van der Waals surface area (Å²) in [5, 5.41) is 2.14. The van der Waals surface area contributed by atoms with Gasteiger partial charge in [-0.2, -0.15) is 17.4 Å². The van der Waals surface area contributed by atoms with Crippen LogP contribution in [0.2, 0.25) is 0 Å². The van der Waals surface area contributed by atoms with Gasteiger partial charge in [0.2, 0.25) is 0 Å². The minimum Gasteiger partial charge on any atom is -0.497 e. The third-order valence-electron chi connectivity index (χ3n) is 4.30.